The maximum absolute atomic E-state index is 11.8. The summed E-state index contributed by atoms with van der Waals surface area (Å²) in [5, 5.41) is 0.579. The van der Waals surface area contributed by atoms with E-state index in [1.54, 1.807) is 31.3 Å². The Balaban J connectivity index is 0.00000400. The molecule has 6 nitrogen and oxygen atoms in total. The Morgan fingerprint density at radius 2 is 2.10 bits per heavy atom. The fraction of sp³-hybridized carbons (Fsp3) is 0.385. The van der Waals surface area contributed by atoms with Crippen LogP contribution < -0.4 is 16.2 Å². The second kappa shape index (κ2) is 9.44. The molecule has 0 aliphatic heterocycles. The molecule has 1 rings (SSSR count). The second-order valence-electron chi connectivity index (χ2n) is 4.34. The van der Waals surface area contributed by atoms with Crippen molar-refractivity contribution in [2.75, 3.05) is 20.2 Å². The van der Waals surface area contributed by atoms with Crippen molar-refractivity contribution in [3.05, 3.63) is 29.3 Å². The molecule has 0 radical (unpaired) electrons. The number of halogens is 2. The number of carbonyl (C=O) groups excluding carboxylic acids is 2. The van der Waals surface area contributed by atoms with E-state index in [1.807, 2.05) is 0 Å². The molecule has 0 heterocycles. The quantitative estimate of drug-likeness (QED) is 0.769. The van der Waals surface area contributed by atoms with Gasteiger partial charge in [0.05, 0.1) is 19.0 Å². The zero-order valence-electron chi connectivity index (χ0n) is 11.6. The van der Waals surface area contributed by atoms with Crippen LogP contribution in [0, 0.1) is 0 Å². The molecular weight excluding hydrogens is 317 g/mol. The maximum Gasteiger partial charge on any atom is 0.239 e. The minimum Gasteiger partial charge on any atom is -0.492 e. The number of amides is 2. The summed E-state index contributed by atoms with van der Waals surface area (Å²) in [5.41, 5.74) is 10.6. The highest BCUT2D eigenvalue weighted by molar-refractivity contribution is 6.30. The largest absolute Gasteiger partial charge is 0.492 e. The highest BCUT2D eigenvalue weighted by Gasteiger charge is 2.19. The maximum atomic E-state index is 11.8. The van der Waals surface area contributed by atoms with Crippen LogP contribution in [-0.4, -0.2) is 43.0 Å². The fourth-order valence-electron chi connectivity index (χ4n) is 1.55. The molecule has 2 amide bonds. The third-order valence-corrected chi connectivity index (χ3v) is 2.84. The predicted octanol–water partition coefficient (Wildman–Crippen LogP) is 0.802. The van der Waals surface area contributed by atoms with Gasteiger partial charge in [-0.15, -0.1) is 12.4 Å². The topological polar surface area (TPSA) is 98.7 Å². The molecule has 1 aromatic carbocycles. The third kappa shape index (κ3) is 7.17. The van der Waals surface area contributed by atoms with Crippen LogP contribution >= 0.6 is 24.0 Å². The van der Waals surface area contributed by atoms with Crippen LogP contribution in [-0.2, 0) is 9.59 Å². The molecule has 0 bridgehead atoms. The van der Waals surface area contributed by atoms with Crippen LogP contribution in [0.2, 0.25) is 5.02 Å². The van der Waals surface area contributed by atoms with E-state index in [0.717, 1.165) is 0 Å². The van der Waals surface area contributed by atoms with Crippen LogP contribution in [0.4, 0.5) is 0 Å². The Hall–Kier alpha value is -1.50. The molecule has 1 aromatic rings. The number of nitrogens with zero attached hydrogens (tertiary/aromatic N) is 1. The normalized spacial score (nSPS) is 11.2. The van der Waals surface area contributed by atoms with Crippen LogP contribution in [0.15, 0.2) is 24.3 Å². The number of rotatable bonds is 7. The van der Waals surface area contributed by atoms with E-state index in [2.05, 4.69) is 0 Å². The molecule has 0 saturated heterocycles. The lowest BCUT2D eigenvalue weighted by Crippen LogP contribution is -2.45. The predicted molar refractivity (Wildman–Crippen MR) is 83.6 cm³/mol. The summed E-state index contributed by atoms with van der Waals surface area (Å²) < 4.78 is 5.46. The molecular formula is C13H19Cl2N3O3. The lowest BCUT2D eigenvalue weighted by atomic mass is 10.2. The van der Waals surface area contributed by atoms with Gasteiger partial charge in [-0.2, -0.15) is 0 Å². The van der Waals surface area contributed by atoms with E-state index in [-0.39, 0.29) is 24.7 Å². The molecule has 4 N–H and O–H groups in total. The van der Waals surface area contributed by atoms with Gasteiger partial charge in [0.2, 0.25) is 11.8 Å². The second-order valence-corrected chi connectivity index (χ2v) is 4.78. The molecule has 0 aliphatic rings. The Labute approximate surface area is 134 Å². The number of carbonyl (C=O) groups is 2. The minimum absolute atomic E-state index is 0. The van der Waals surface area contributed by atoms with E-state index in [0.29, 0.717) is 23.9 Å². The van der Waals surface area contributed by atoms with Gasteiger partial charge in [0, 0.05) is 12.1 Å². The van der Waals surface area contributed by atoms with Gasteiger partial charge >= 0.3 is 0 Å². The highest BCUT2D eigenvalue weighted by Crippen LogP contribution is 2.16. The van der Waals surface area contributed by atoms with Crippen molar-refractivity contribution in [3.8, 4) is 5.75 Å². The number of hydrogen-bond donors (Lipinski definition) is 2. The summed E-state index contributed by atoms with van der Waals surface area (Å²) in [4.78, 5) is 23.9. The van der Waals surface area contributed by atoms with Gasteiger partial charge in [0.15, 0.2) is 0 Å². The summed E-state index contributed by atoms with van der Waals surface area (Å²) in [7, 11) is 1.59. The molecule has 1 atom stereocenters. The van der Waals surface area contributed by atoms with Crippen LogP contribution in [0.1, 0.15) is 6.42 Å². The Morgan fingerprint density at radius 1 is 1.43 bits per heavy atom. The van der Waals surface area contributed by atoms with Crippen molar-refractivity contribution in [2.45, 2.75) is 12.5 Å². The number of nitrogens with two attached hydrogens (primary N) is 2. The molecule has 0 aromatic heterocycles. The summed E-state index contributed by atoms with van der Waals surface area (Å²) in [6.45, 7) is 0.643. The van der Waals surface area contributed by atoms with Crippen molar-refractivity contribution in [3.63, 3.8) is 0 Å². The third-order valence-electron chi connectivity index (χ3n) is 2.61. The van der Waals surface area contributed by atoms with Crippen molar-refractivity contribution in [1.82, 2.24) is 4.90 Å². The van der Waals surface area contributed by atoms with Gasteiger partial charge in [-0.3, -0.25) is 9.59 Å². The minimum atomic E-state index is -0.913. The number of likely N-dealkylation sites (N-methyl/N-ethyl adjacent to an activating group) is 1. The summed E-state index contributed by atoms with van der Waals surface area (Å²) >= 11 is 5.82. The van der Waals surface area contributed by atoms with Crippen LogP contribution in [0.5, 0.6) is 5.75 Å². The zero-order chi connectivity index (χ0) is 15.1. The molecule has 0 aliphatic carbocycles. The van der Waals surface area contributed by atoms with E-state index < -0.39 is 11.9 Å². The smallest absolute Gasteiger partial charge is 0.239 e. The molecule has 1 unspecified atom stereocenters. The first-order valence-electron chi connectivity index (χ1n) is 6.07. The molecule has 0 saturated carbocycles. The summed E-state index contributed by atoms with van der Waals surface area (Å²) in [5.74, 6) is -0.326. The number of ether oxygens (including phenoxy) is 1. The highest BCUT2D eigenvalue weighted by atomic mass is 35.5. The lowest BCUT2D eigenvalue weighted by Gasteiger charge is -2.20. The van der Waals surface area contributed by atoms with Crippen molar-refractivity contribution < 1.29 is 14.3 Å². The van der Waals surface area contributed by atoms with Crippen molar-refractivity contribution in [1.29, 1.82) is 0 Å². The first-order valence-corrected chi connectivity index (χ1v) is 6.45. The monoisotopic (exact) mass is 335 g/mol. The summed E-state index contributed by atoms with van der Waals surface area (Å²) in [6, 6.07) is 6.06. The van der Waals surface area contributed by atoms with E-state index in [4.69, 9.17) is 27.8 Å². The van der Waals surface area contributed by atoms with Gasteiger partial charge in [-0.25, -0.2) is 0 Å². The average molecular weight is 336 g/mol. The van der Waals surface area contributed by atoms with E-state index in [9.17, 15) is 9.59 Å². The number of hydrogen-bond acceptors (Lipinski definition) is 4. The van der Waals surface area contributed by atoms with Gasteiger partial charge in [-0.05, 0) is 18.2 Å². The molecule has 0 fully saturated rings. The average Bonchev–Trinajstić information content (AvgIpc) is 2.37. The first-order chi connectivity index (χ1) is 9.40. The molecule has 118 valence electrons. The van der Waals surface area contributed by atoms with Crippen molar-refractivity contribution >= 4 is 35.8 Å². The fourth-order valence-corrected chi connectivity index (χ4v) is 1.73. The zero-order valence-corrected chi connectivity index (χ0v) is 13.2. The van der Waals surface area contributed by atoms with Gasteiger partial charge in [0.1, 0.15) is 12.4 Å². The van der Waals surface area contributed by atoms with E-state index in [1.165, 1.54) is 4.90 Å². The van der Waals surface area contributed by atoms with E-state index >= 15 is 0 Å². The SMILES string of the molecule is CN(CCOc1cccc(Cl)c1)C(=O)C(N)CC(N)=O.Cl. The van der Waals surface area contributed by atoms with Crippen LogP contribution in [0.25, 0.3) is 0 Å². The first kappa shape index (κ1) is 19.5. The molecule has 8 heteroatoms. The molecule has 21 heavy (non-hydrogen) atoms. The lowest BCUT2D eigenvalue weighted by molar-refractivity contribution is -0.133. The van der Waals surface area contributed by atoms with Gasteiger partial charge in [-0.1, -0.05) is 17.7 Å². The van der Waals surface area contributed by atoms with Gasteiger partial charge < -0.3 is 21.1 Å². The van der Waals surface area contributed by atoms with Crippen LogP contribution in [0.3, 0.4) is 0 Å². The molecule has 0 spiro atoms. The number of primary amides is 1. The van der Waals surface area contributed by atoms with Crippen molar-refractivity contribution in [2.24, 2.45) is 11.5 Å². The van der Waals surface area contributed by atoms with Gasteiger partial charge in [0.25, 0.3) is 0 Å². The Bertz CT molecular complexity index is 485. The Kier molecular flexibility index (Phi) is 8.76. The standard InChI is InChI=1S/C13H18ClN3O3.ClH/c1-17(13(19)11(15)8-12(16)18)5-6-20-10-4-2-3-9(14)7-10;/h2-4,7,11H,5-6,8,15H2,1H3,(H2,16,18);1H. The number of benzene rings is 1. The Morgan fingerprint density at radius 3 is 2.67 bits per heavy atom. The summed E-state index contributed by atoms with van der Waals surface area (Å²) in [6.07, 6.45) is -0.168.